The van der Waals surface area contributed by atoms with Gasteiger partial charge in [0.1, 0.15) is 11.9 Å². The summed E-state index contributed by atoms with van der Waals surface area (Å²) in [5.74, 6) is 0.731. The summed E-state index contributed by atoms with van der Waals surface area (Å²) in [5.41, 5.74) is 4.65. The van der Waals surface area contributed by atoms with Gasteiger partial charge < -0.3 is 9.84 Å². The van der Waals surface area contributed by atoms with Crippen molar-refractivity contribution in [3.05, 3.63) is 58.4 Å². The van der Waals surface area contributed by atoms with E-state index in [1.165, 1.54) is 0 Å². The maximum atomic E-state index is 10.5. The van der Waals surface area contributed by atoms with Gasteiger partial charge in [0.25, 0.3) is 0 Å². The van der Waals surface area contributed by atoms with Crippen molar-refractivity contribution in [1.82, 2.24) is 4.98 Å². The Bertz CT molecular complexity index is 576. The predicted molar refractivity (Wildman–Crippen MR) is 75.5 cm³/mol. The standard InChI is InChI=1S/C16H19NO2/c1-10-5-8-14(17-9-10)15(18)13-7-6-11(2)12(3)16(13)19-4/h5-9,15,18H,1-4H3. The summed E-state index contributed by atoms with van der Waals surface area (Å²) >= 11 is 0. The van der Waals surface area contributed by atoms with Crippen LogP contribution >= 0.6 is 0 Å². The maximum absolute atomic E-state index is 10.5. The molecule has 0 spiro atoms. The summed E-state index contributed by atoms with van der Waals surface area (Å²) in [4.78, 5) is 4.28. The Morgan fingerprint density at radius 1 is 1.11 bits per heavy atom. The summed E-state index contributed by atoms with van der Waals surface area (Å²) in [5, 5.41) is 10.5. The first-order valence-electron chi connectivity index (χ1n) is 6.29. The van der Waals surface area contributed by atoms with Crippen LogP contribution in [0.4, 0.5) is 0 Å². The molecular formula is C16H19NO2. The van der Waals surface area contributed by atoms with Crippen molar-refractivity contribution in [2.24, 2.45) is 0 Å². The van der Waals surface area contributed by atoms with Crippen molar-refractivity contribution in [3.8, 4) is 5.75 Å². The van der Waals surface area contributed by atoms with Crippen molar-refractivity contribution < 1.29 is 9.84 Å². The molecule has 1 unspecified atom stereocenters. The third-order valence-corrected chi connectivity index (χ3v) is 3.42. The molecule has 1 aromatic carbocycles. The average molecular weight is 257 g/mol. The van der Waals surface area contributed by atoms with Crippen molar-refractivity contribution in [1.29, 1.82) is 0 Å². The number of nitrogens with zero attached hydrogens (tertiary/aromatic N) is 1. The lowest BCUT2D eigenvalue weighted by molar-refractivity contribution is 0.209. The molecule has 1 N–H and O–H groups in total. The largest absolute Gasteiger partial charge is 0.496 e. The molecule has 1 atom stereocenters. The molecule has 1 heterocycles. The first-order valence-corrected chi connectivity index (χ1v) is 6.29. The minimum atomic E-state index is -0.769. The van der Waals surface area contributed by atoms with Crippen molar-refractivity contribution in [2.45, 2.75) is 26.9 Å². The highest BCUT2D eigenvalue weighted by Crippen LogP contribution is 2.33. The van der Waals surface area contributed by atoms with Gasteiger partial charge in [-0.25, -0.2) is 0 Å². The zero-order valence-corrected chi connectivity index (χ0v) is 11.8. The Morgan fingerprint density at radius 3 is 2.42 bits per heavy atom. The van der Waals surface area contributed by atoms with Crippen LogP contribution in [0.5, 0.6) is 5.75 Å². The number of hydrogen-bond acceptors (Lipinski definition) is 3. The fourth-order valence-corrected chi connectivity index (χ4v) is 2.10. The molecule has 0 radical (unpaired) electrons. The van der Waals surface area contributed by atoms with E-state index >= 15 is 0 Å². The van der Waals surface area contributed by atoms with Gasteiger partial charge >= 0.3 is 0 Å². The number of benzene rings is 1. The molecule has 0 aliphatic heterocycles. The van der Waals surface area contributed by atoms with Crippen LogP contribution in [0.2, 0.25) is 0 Å². The van der Waals surface area contributed by atoms with Crippen LogP contribution in [0, 0.1) is 20.8 Å². The molecule has 0 bridgehead atoms. The molecule has 0 fully saturated rings. The minimum Gasteiger partial charge on any atom is -0.496 e. The molecular weight excluding hydrogens is 238 g/mol. The first kappa shape index (κ1) is 13.6. The first-order chi connectivity index (χ1) is 9.04. The van der Waals surface area contributed by atoms with E-state index < -0.39 is 6.10 Å². The highest BCUT2D eigenvalue weighted by molar-refractivity contribution is 5.48. The monoisotopic (exact) mass is 257 g/mol. The van der Waals surface area contributed by atoms with Crippen LogP contribution in [-0.2, 0) is 0 Å². The van der Waals surface area contributed by atoms with Gasteiger partial charge in [0, 0.05) is 11.8 Å². The van der Waals surface area contributed by atoms with E-state index in [-0.39, 0.29) is 0 Å². The second-order valence-electron chi connectivity index (χ2n) is 4.79. The van der Waals surface area contributed by atoms with Gasteiger partial charge in [0.05, 0.1) is 12.8 Å². The molecule has 1 aromatic heterocycles. The third-order valence-electron chi connectivity index (χ3n) is 3.42. The number of rotatable bonds is 3. The molecule has 2 aromatic rings. The van der Waals surface area contributed by atoms with Gasteiger partial charge in [-0.1, -0.05) is 18.2 Å². The molecule has 0 aliphatic rings. The Morgan fingerprint density at radius 2 is 1.84 bits per heavy atom. The molecule has 0 saturated carbocycles. The van der Waals surface area contributed by atoms with Crippen molar-refractivity contribution in [3.63, 3.8) is 0 Å². The topological polar surface area (TPSA) is 42.4 Å². The zero-order chi connectivity index (χ0) is 14.0. The SMILES string of the molecule is COc1c(C(O)c2ccc(C)cn2)ccc(C)c1C. The summed E-state index contributed by atoms with van der Waals surface area (Å²) in [6.07, 6.45) is 0.987. The highest BCUT2D eigenvalue weighted by atomic mass is 16.5. The van der Waals surface area contributed by atoms with Crippen LogP contribution in [0.15, 0.2) is 30.5 Å². The summed E-state index contributed by atoms with van der Waals surface area (Å²) in [6.45, 7) is 5.99. The van der Waals surface area contributed by atoms with Crippen LogP contribution in [-0.4, -0.2) is 17.2 Å². The summed E-state index contributed by atoms with van der Waals surface area (Å²) in [6, 6.07) is 7.67. The molecule has 3 nitrogen and oxygen atoms in total. The minimum absolute atomic E-state index is 0.632. The van der Waals surface area contributed by atoms with E-state index in [9.17, 15) is 5.11 Å². The summed E-state index contributed by atoms with van der Waals surface area (Å²) < 4.78 is 5.44. The van der Waals surface area contributed by atoms with E-state index in [2.05, 4.69) is 4.98 Å². The van der Waals surface area contributed by atoms with Crippen LogP contribution in [0.1, 0.15) is 34.1 Å². The van der Waals surface area contributed by atoms with E-state index in [4.69, 9.17) is 4.74 Å². The predicted octanol–water partition coefficient (Wildman–Crippen LogP) is 3.10. The molecule has 2 rings (SSSR count). The Balaban J connectivity index is 2.46. The normalized spacial score (nSPS) is 12.3. The average Bonchev–Trinajstić information content (AvgIpc) is 2.41. The molecule has 100 valence electrons. The lowest BCUT2D eigenvalue weighted by atomic mass is 9.98. The van der Waals surface area contributed by atoms with Gasteiger partial charge in [-0.3, -0.25) is 4.98 Å². The molecule has 0 aliphatic carbocycles. The lowest BCUT2D eigenvalue weighted by Crippen LogP contribution is -2.06. The number of pyridine rings is 1. The van der Waals surface area contributed by atoms with Crippen LogP contribution in [0.3, 0.4) is 0 Å². The Hall–Kier alpha value is -1.87. The van der Waals surface area contributed by atoms with Crippen molar-refractivity contribution in [2.75, 3.05) is 7.11 Å². The Labute approximate surface area is 113 Å². The number of ether oxygens (including phenoxy) is 1. The van der Waals surface area contributed by atoms with Gasteiger partial charge in [0.15, 0.2) is 0 Å². The van der Waals surface area contributed by atoms with Crippen LogP contribution in [0.25, 0.3) is 0 Å². The second kappa shape index (κ2) is 5.41. The Kier molecular flexibility index (Phi) is 3.86. The number of aromatic nitrogens is 1. The number of methoxy groups -OCH3 is 1. The van der Waals surface area contributed by atoms with Gasteiger partial charge in [-0.15, -0.1) is 0 Å². The number of aliphatic hydroxyl groups excluding tert-OH is 1. The second-order valence-corrected chi connectivity index (χ2v) is 4.79. The van der Waals surface area contributed by atoms with E-state index in [0.717, 1.165) is 28.0 Å². The van der Waals surface area contributed by atoms with Gasteiger partial charge in [-0.05, 0) is 43.5 Å². The maximum Gasteiger partial charge on any atom is 0.128 e. The number of hydrogen-bond donors (Lipinski definition) is 1. The number of aryl methyl sites for hydroxylation is 2. The van der Waals surface area contributed by atoms with E-state index in [1.807, 2.05) is 45.0 Å². The third kappa shape index (κ3) is 2.61. The molecule has 19 heavy (non-hydrogen) atoms. The van der Waals surface area contributed by atoms with Gasteiger partial charge in [0.2, 0.25) is 0 Å². The number of aliphatic hydroxyl groups is 1. The van der Waals surface area contributed by atoms with Crippen LogP contribution < -0.4 is 4.74 Å². The molecule has 0 saturated heterocycles. The summed E-state index contributed by atoms with van der Waals surface area (Å²) in [7, 11) is 1.63. The quantitative estimate of drug-likeness (QED) is 0.918. The molecule has 0 amide bonds. The van der Waals surface area contributed by atoms with Gasteiger partial charge in [-0.2, -0.15) is 0 Å². The lowest BCUT2D eigenvalue weighted by Gasteiger charge is -2.17. The van der Waals surface area contributed by atoms with E-state index in [0.29, 0.717) is 5.69 Å². The van der Waals surface area contributed by atoms with E-state index in [1.54, 1.807) is 13.3 Å². The molecule has 3 heteroatoms. The van der Waals surface area contributed by atoms with Crippen molar-refractivity contribution >= 4 is 0 Å². The fourth-order valence-electron chi connectivity index (χ4n) is 2.10. The highest BCUT2D eigenvalue weighted by Gasteiger charge is 2.18. The zero-order valence-electron chi connectivity index (χ0n) is 11.8. The fraction of sp³-hybridized carbons (Fsp3) is 0.312. The smallest absolute Gasteiger partial charge is 0.128 e.